The summed E-state index contributed by atoms with van der Waals surface area (Å²) in [7, 11) is -0.505. The molecule has 22 heavy (non-hydrogen) atoms. The standard InChI is InChI=1S/C16H24N2O3S/c1-12-8-9-14(22(20,21)18(2)3)11-15(12)17-16(19)10-13-6-4-5-7-13/h8-9,11,13H,4-7,10H2,1-3H3,(H,17,19). The van der Waals surface area contributed by atoms with Crippen molar-refractivity contribution >= 4 is 21.6 Å². The molecule has 1 fully saturated rings. The molecule has 0 bridgehead atoms. The van der Waals surface area contributed by atoms with Crippen molar-refractivity contribution in [3.63, 3.8) is 0 Å². The van der Waals surface area contributed by atoms with E-state index in [1.54, 1.807) is 12.1 Å². The van der Waals surface area contributed by atoms with Gasteiger partial charge >= 0.3 is 0 Å². The summed E-state index contributed by atoms with van der Waals surface area (Å²) in [5, 5.41) is 2.87. The molecule has 0 aliphatic heterocycles. The van der Waals surface area contributed by atoms with Crippen LogP contribution in [0.2, 0.25) is 0 Å². The van der Waals surface area contributed by atoms with E-state index in [-0.39, 0.29) is 10.8 Å². The Morgan fingerprint density at radius 2 is 1.91 bits per heavy atom. The number of rotatable bonds is 5. The lowest BCUT2D eigenvalue weighted by molar-refractivity contribution is -0.117. The molecule has 1 saturated carbocycles. The van der Waals surface area contributed by atoms with Crippen LogP contribution in [0.4, 0.5) is 5.69 Å². The van der Waals surface area contributed by atoms with E-state index in [0.717, 1.165) is 18.4 Å². The number of carbonyl (C=O) groups excluding carboxylic acids is 1. The summed E-state index contributed by atoms with van der Waals surface area (Å²) in [6, 6.07) is 4.83. The fourth-order valence-electron chi connectivity index (χ4n) is 2.78. The summed E-state index contributed by atoms with van der Waals surface area (Å²) in [5.74, 6) is 0.434. The summed E-state index contributed by atoms with van der Waals surface area (Å²) in [6.45, 7) is 1.86. The van der Waals surface area contributed by atoms with Gasteiger partial charge in [0.05, 0.1) is 4.90 Å². The van der Waals surface area contributed by atoms with Gasteiger partial charge in [-0.2, -0.15) is 0 Å². The van der Waals surface area contributed by atoms with Crippen molar-refractivity contribution in [1.82, 2.24) is 4.31 Å². The van der Waals surface area contributed by atoms with Crippen LogP contribution in [0.15, 0.2) is 23.1 Å². The van der Waals surface area contributed by atoms with Gasteiger partial charge in [0.1, 0.15) is 0 Å². The third-order valence-electron chi connectivity index (χ3n) is 4.21. The molecule has 1 aliphatic rings. The number of nitrogens with one attached hydrogen (secondary N) is 1. The van der Waals surface area contributed by atoms with Gasteiger partial charge in [0.25, 0.3) is 0 Å². The van der Waals surface area contributed by atoms with Crippen molar-refractivity contribution in [3.8, 4) is 0 Å². The van der Waals surface area contributed by atoms with Gasteiger partial charge in [-0.05, 0) is 43.4 Å². The molecule has 0 aromatic heterocycles. The minimum atomic E-state index is -3.49. The van der Waals surface area contributed by atoms with E-state index in [4.69, 9.17) is 0 Å². The second kappa shape index (κ2) is 6.79. The maximum absolute atomic E-state index is 12.2. The smallest absolute Gasteiger partial charge is 0.242 e. The van der Waals surface area contributed by atoms with Crippen molar-refractivity contribution < 1.29 is 13.2 Å². The highest BCUT2D eigenvalue weighted by Gasteiger charge is 2.21. The monoisotopic (exact) mass is 324 g/mol. The number of anilines is 1. The molecule has 1 aromatic rings. The second-order valence-electron chi connectivity index (χ2n) is 6.17. The number of aryl methyl sites for hydroxylation is 1. The molecule has 1 aliphatic carbocycles. The van der Waals surface area contributed by atoms with Crippen molar-refractivity contribution in [3.05, 3.63) is 23.8 Å². The molecule has 0 unspecified atom stereocenters. The third kappa shape index (κ3) is 3.87. The lowest BCUT2D eigenvalue weighted by Gasteiger charge is -2.15. The molecule has 2 rings (SSSR count). The molecule has 0 saturated heterocycles. The Balaban J connectivity index is 2.15. The zero-order valence-electron chi connectivity index (χ0n) is 13.4. The first-order chi connectivity index (χ1) is 10.3. The number of benzene rings is 1. The van der Waals surface area contributed by atoms with E-state index >= 15 is 0 Å². The fraction of sp³-hybridized carbons (Fsp3) is 0.562. The Hall–Kier alpha value is -1.40. The van der Waals surface area contributed by atoms with Gasteiger partial charge in [-0.1, -0.05) is 18.9 Å². The van der Waals surface area contributed by atoms with Crippen LogP contribution in [-0.4, -0.2) is 32.7 Å². The Kier molecular flexibility index (Phi) is 5.24. The number of sulfonamides is 1. The van der Waals surface area contributed by atoms with E-state index in [1.807, 2.05) is 6.92 Å². The summed E-state index contributed by atoms with van der Waals surface area (Å²) >= 11 is 0. The molecule has 1 amide bonds. The summed E-state index contributed by atoms with van der Waals surface area (Å²) < 4.78 is 25.5. The number of nitrogens with zero attached hydrogens (tertiary/aromatic N) is 1. The molecule has 0 atom stereocenters. The average Bonchev–Trinajstić information content (AvgIpc) is 2.93. The van der Waals surface area contributed by atoms with E-state index in [9.17, 15) is 13.2 Å². The van der Waals surface area contributed by atoms with Crippen LogP contribution in [-0.2, 0) is 14.8 Å². The van der Waals surface area contributed by atoms with Crippen LogP contribution < -0.4 is 5.32 Å². The number of carbonyl (C=O) groups is 1. The average molecular weight is 324 g/mol. The summed E-state index contributed by atoms with van der Waals surface area (Å²) in [4.78, 5) is 12.3. The second-order valence-corrected chi connectivity index (χ2v) is 8.32. The van der Waals surface area contributed by atoms with Crippen LogP contribution in [0.5, 0.6) is 0 Å². The highest BCUT2D eigenvalue weighted by Crippen LogP contribution is 2.28. The quantitative estimate of drug-likeness (QED) is 0.905. The lowest BCUT2D eigenvalue weighted by atomic mass is 10.0. The van der Waals surface area contributed by atoms with Crippen LogP contribution in [0.25, 0.3) is 0 Å². The molecular weight excluding hydrogens is 300 g/mol. The van der Waals surface area contributed by atoms with Crippen molar-refractivity contribution in [2.75, 3.05) is 19.4 Å². The van der Waals surface area contributed by atoms with Crippen molar-refractivity contribution in [2.45, 2.75) is 43.9 Å². The number of amides is 1. The van der Waals surface area contributed by atoms with Gasteiger partial charge in [0, 0.05) is 26.2 Å². The van der Waals surface area contributed by atoms with E-state index in [0.29, 0.717) is 18.0 Å². The predicted molar refractivity (Wildman–Crippen MR) is 87.3 cm³/mol. The minimum Gasteiger partial charge on any atom is -0.326 e. The Morgan fingerprint density at radius 3 is 2.50 bits per heavy atom. The van der Waals surface area contributed by atoms with Crippen molar-refractivity contribution in [1.29, 1.82) is 0 Å². The molecule has 6 heteroatoms. The largest absolute Gasteiger partial charge is 0.326 e. The number of hydrogen-bond acceptors (Lipinski definition) is 3. The minimum absolute atomic E-state index is 0.0330. The van der Waals surface area contributed by atoms with Gasteiger partial charge in [0.2, 0.25) is 15.9 Å². The molecule has 1 N–H and O–H groups in total. The third-order valence-corrected chi connectivity index (χ3v) is 6.02. The molecule has 0 heterocycles. The SMILES string of the molecule is Cc1ccc(S(=O)(=O)N(C)C)cc1NC(=O)CC1CCCC1. The first-order valence-corrected chi connectivity index (χ1v) is 9.07. The summed E-state index contributed by atoms with van der Waals surface area (Å²) in [5.41, 5.74) is 1.43. The van der Waals surface area contributed by atoms with Crippen LogP contribution in [0, 0.1) is 12.8 Å². The van der Waals surface area contributed by atoms with Crippen LogP contribution in [0.3, 0.4) is 0 Å². The molecule has 5 nitrogen and oxygen atoms in total. The first-order valence-electron chi connectivity index (χ1n) is 7.63. The van der Waals surface area contributed by atoms with E-state index < -0.39 is 10.0 Å². The molecular formula is C16H24N2O3S. The van der Waals surface area contributed by atoms with Crippen LogP contribution in [0.1, 0.15) is 37.7 Å². The Labute approximate surface area is 132 Å². The number of hydrogen-bond donors (Lipinski definition) is 1. The highest BCUT2D eigenvalue weighted by molar-refractivity contribution is 7.89. The van der Waals surface area contributed by atoms with E-state index in [1.165, 1.54) is 37.3 Å². The van der Waals surface area contributed by atoms with Gasteiger partial charge in [-0.25, -0.2) is 12.7 Å². The maximum Gasteiger partial charge on any atom is 0.242 e. The molecule has 0 spiro atoms. The topological polar surface area (TPSA) is 66.5 Å². The van der Waals surface area contributed by atoms with Gasteiger partial charge in [-0.3, -0.25) is 4.79 Å². The zero-order valence-corrected chi connectivity index (χ0v) is 14.2. The zero-order chi connectivity index (χ0) is 16.3. The summed E-state index contributed by atoms with van der Waals surface area (Å²) in [6.07, 6.45) is 5.15. The normalized spacial score (nSPS) is 16.2. The Morgan fingerprint density at radius 1 is 1.27 bits per heavy atom. The maximum atomic E-state index is 12.2. The predicted octanol–water partition coefficient (Wildman–Crippen LogP) is 2.76. The molecule has 1 aromatic carbocycles. The van der Waals surface area contributed by atoms with E-state index in [2.05, 4.69) is 5.32 Å². The lowest BCUT2D eigenvalue weighted by Crippen LogP contribution is -2.22. The Bertz CT molecular complexity index is 647. The van der Waals surface area contributed by atoms with Gasteiger partial charge < -0.3 is 5.32 Å². The fourth-order valence-corrected chi connectivity index (χ4v) is 3.71. The van der Waals surface area contributed by atoms with Gasteiger partial charge in [0.15, 0.2) is 0 Å². The van der Waals surface area contributed by atoms with Crippen LogP contribution >= 0.6 is 0 Å². The first kappa shape index (κ1) is 17.0. The van der Waals surface area contributed by atoms with Crippen molar-refractivity contribution in [2.24, 2.45) is 5.92 Å². The highest BCUT2D eigenvalue weighted by atomic mass is 32.2. The van der Waals surface area contributed by atoms with Gasteiger partial charge in [-0.15, -0.1) is 0 Å². The molecule has 122 valence electrons. The molecule has 0 radical (unpaired) electrons.